The molecule has 2 aliphatic heterocycles. The fourth-order valence-electron chi connectivity index (χ4n) is 3.63. The van der Waals surface area contributed by atoms with Crippen molar-refractivity contribution in [3.8, 4) is 0 Å². The van der Waals surface area contributed by atoms with E-state index in [9.17, 15) is 19.7 Å². The van der Waals surface area contributed by atoms with Crippen LogP contribution >= 0.6 is 11.8 Å². The number of likely N-dealkylation sites (tertiary alicyclic amines) is 1. The molecule has 28 heavy (non-hydrogen) atoms. The Kier molecular flexibility index (Phi) is 6.24. The summed E-state index contributed by atoms with van der Waals surface area (Å²) in [5.41, 5.74) is 0.447. The lowest BCUT2D eigenvalue weighted by molar-refractivity contribution is -0.714. The van der Waals surface area contributed by atoms with Gasteiger partial charge in [-0.2, -0.15) is 0 Å². The van der Waals surface area contributed by atoms with Gasteiger partial charge < -0.3 is 15.5 Å². The quantitative estimate of drug-likeness (QED) is 0.562. The number of benzene rings is 1. The maximum absolute atomic E-state index is 12.7. The van der Waals surface area contributed by atoms with Crippen LogP contribution in [-0.2, 0) is 4.79 Å². The lowest BCUT2D eigenvalue weighted by Gasteiger charge is -2.36. The molecule has 1 spiro atoms. The average Bonchev–Trinajstić information content (AvgIpc) is 3.11. The third-order valence-corrected chi connectivity index (χ3v) is 7.26. The number of piperidine rings is 1. The van der Waals surface area contributed by atoms with E-state index in [1.165, 1.54) is 24.3 Å². The van der Waals surface area contributed by atoms with Crippen LogP contribution in [0.25, 0.3) is 0 Å². The Bertz CT molecular complexity index is 747. The Morgan fingerprint density at radius 3 is 2.57 bits per heavy atom. The first-order valence-corrected chi connectivity index (χ1v) is 10.7. The minimum atomic E-state index is -0.472. The zero-order valence-electron chi connectivity index (χ0n) is 16.2. The average molecular weight is 408 g/mol. The van der Waals surface area contributed by atoms with Crippen LogP contribution < -0.4 is 10.6 Å². The van der Waals surface area contributed by atoms with Gasteiger partial charge in [-0.3, -0.25) is 19.7 Å². The molecule has 2 saturated heterocycles. The first-order valence-electron chi connectivity index (χ1n) is 9.67. The van der Waals surface area contributed by atoms with Gasteiger partial charge in [0.05, 0.1) is 10.7 Å². The summed E-state index contributed by atoms with van der Waals surface area (Å²) >= 11 is 1.82. The third kappa shape index (κ3) is 4.47. The lowest BCUT2D eigenvalue weighted by atomic mass is 10.0. The summed E-state index contributed by atoms with van der Waals surface area (Å²) in [6.45, 7) is 5.31. The van der Waals surface area contributed by atoms with Gasteiger partial charge in [0.25, 0.3) is 17.5 Å². The molecular formula is C19H27N4O4S+. The van der Waals surface area contributed by atoms with Gasteiger partial charge in [-0.15, -0.1) is 0 Å². The Balaban J connectivity index is 1.55. The summed E-state index contributed by atoms with van der Waals surface area (Å²) in [6.07, 6.45) is 2.56. The number of nitro benzene ring substituents is 1. The van der Waals surface area contributed by atoms with Gasteiger partial charge in [-0.25, -0.2) is 0 Å². The van der Waals surface area contributed by atoms with E-state index < -0.39 is 4.92 Å². The summed E-state index contributed by atoms with van der Waals surface area (Å²) in [5.74, 6) is 0.792. The van der Waals surface area contributed by atoms with E-state index in [-0.39, 0.29) is 34.5 Å². The highest BCUT2D eigenvalue weighted by atomic mass is 32.2. The molecule has 9 heteroatoms. The molecule has 3 N–H and O–H groups in total. The molecular weight excluding hydrogens is 380 g/mol. The Labute approximate surface area is 168 Å². The van der Waals surface area contributed by atoms with Gasteiger partial charge in [0, 0.05) is 49.7 Å². The molecule has 0 aliphatic carbocycles. The highest BCUT2D eigenvalue weighted by molar-refractivity contribution is 8.00. The van der Waals surface area contributed by atoms with E-state index in [1.807, 2.05) is 18.7 Å². The lowest BCUT2D eigenvalue weighted by Crippen LogP contribution is -3.00. The van der Waals surface area contributed by atoms with Crippen molar-refractivity contribution in [2.24, 2.45) is 0 Å². The van der Waals surface area contributed by atoms with Crippen LogP contribution in [-0.4, -0.2) is 57.4 Å². The normalized spacial score (nSPS) is 22.1. The second kappa shape index (κ2) is 8.48. The summed E-state index contributed by atoms with van der Waals surface area (Å²) < 4.78 is 0. The minimum Gasteiger partial charge on any atom is -0.348 e. The standard InChI is InChI=1S/C19H26N4O4S/c1-3-13(2)20-17(24)16-12-28-19(21-16)8-10-22(11-9-19)18(25)14-4-6-15(7-5-14)23(26)27/h4-7,13,16,21H,3,8-12H2,1-2H3,(H,20,24)/p+1/t13-,16-/m0/s1. The Morgan fingerprint density at radius 2 is 2.00 bits per heavy atom. The maximum atomic E-state index is 12.7. The number of nitrogens with one attached hydrogen (secondary N) is 1. The number of nitrogens with zero attached hydrogens (tertiary/aromatic N) is 2. The first-order chi connectivity index (χ1) is 13.3. The van der Waals surface area contributed by atoms with Crippen LogP contribution in [0.2, 0.25) is 0 Å². The van der Waals surface area contributed by atoms with Gasteiger partial charge in [-0.05, 0) is 25.5 Å². The molecule has 0 radical (unpaired) electrons. The highest BCUT2D eigenvalue weighted by Crippen LogP contribution is 2.34. The van der Waals surface area contributed by atoms with Crippen molar-refractivity contribution < 1.29 is 19.8 Å². The fraction of sp³-hybridized carbons (Fsp3) is 0.579. The molecule has 152 valence electrons. The number of thioether (sulfide) groups is 1. The van der Waals surface area contributed by atoms with E-state index in [1.54, 1.807) is 4.90 Å². The van der Waals surface area contributed by atoms with Crippen LogP contribution in [0.1, 0.15) is 43.5 Å². The molecule has 2 heterocycles. The predicted octanol–water partition coefficient (Wildman–Crippen LogP) is 1.12. The number of nitro groups is 1. The van der Waals surface area contributed by atoms with Crippen molar-refractivity contribution in [3.63, 3.8) is 0 Å². The van der Waals surface area contributed by atoms with Crippen molar-refractivity contribution in [3.05, 3.63) is 39.9 Å². The molecule has 0 aromatic heterocycles. The zero-order chi connectivity index (χ0) is 20.3. The monoisotopic (exact) mass is 407 g/mol. The molecule has 2 fully saturated rings. The maximum Gasteiger partial charge on any atom is 0.279 e. The summed E-state index contributed by atoms with van der Waals surface area (Å²) in [5, 5.41) is 16.0. The fourth-order valence-corrected chi connectivity index (χ4v) is 5.12. The first kappa shape index (κ1) is 20.6. The number of nitrogens with two attached hydrogens (primary N) is 1. The molecule has 1 aromatic carbocycles. The zero-order valence-corrected chi connectivity index (χ0v) is 17.0. The molecule has 0 bridgehead atoms. The number of non-ortho nitro benzene ring substituents is 1. The molecule has 1 aromatic rings. The summed E-state index contributed by atoms with van der Waals surface area (Å²) in [7, 11) is 0. The minimum absolute atomic E-state index is 0.0205. The van der Waals surface area contributed by atoms with E-state index in [0.29, 0.717) is 18.7 Å². The van der Waals surface area contributed by atoms with Crippen molar-refractivity contribution in [1.82, 2.24) is 10.2 Å². The molecule has 0 saturated carbocycles. The second-order valence-electron chi connectivity index (χ2n) is 7.56. The van der Waals surface area contributed by atoms with Crippen molar-refractivity contribution in [2.75, 3.05) is 18.8 Å². The predicted molar refractivity (Wildman–Crippen MR) is 107 cm³/mol. The van der Waals surface area contributed by atoms with Gasteiger partial charge in [0.1, 0.15) is 4.87 Å². The van der Waals surface area contributed by atoms with Crippen molar-refractivity contribution >= 4 is 29.3 Å². The van der Waals surface area contributed by atoms with E-state index in [4.69, 9.17) is 0 Å². The van der Waals surface area contributed by atoms with Crippen molar-refractivity contribution in [2.45, 2.75) is 50.1 Å². The molecule has 8 nitrogen and oxygen atoms in total. The second-order valence-corrected chi connectivity index (χ2v) is 9.00. The molecule has 3 rings (SSSR count). The van der Waals surface area contributed by atoms with Crippen LogP contribution in [0.3, 0.4) is 0 Å². The van der Waals surface area contributed by atoms with Gasteiger partial charge in [-0.1, -0.05) is 18.7 Å². The number of quaternary nitrogens is 1. The Morgan fingerprint density at radius 1 is 1.36 bits per heavy atom. The number of carbonyl (C=O) groups is 2. The number of hydrogen-bond acceptors (Lipinski definition) is 5. The van der Waals surface area contributed by atoms with Crippen LogP contribution in [0, 0.1) is 10.1 Å². The topological polar surface area (TPSA) is 109 Å². The SMILES string of the molecule is CC[C@H](C)NC(=O)[C@@H]1CSC2(CCN(C(=O)c3ccc([N+](=O)[O-])cc3)CC2)[NH2+]1. The van der Waals surface area contributed by atoms with Crippen LogP contribution in [0.15, 0.2) is 24.3 Å². The smallest absolute Gasteiger partial charge is 0.279 e. The number of amides is 2. The van der Waals surface area contributed by atoms with Crippen molar-refractivity contribution in [1.29, 1.82) is 0 Å². The largest absolute Gasteiger partial charge is 0.348 e. The van der Waals surface area contributed by atoms with Crippen LogP contribution in [0.4, 0.5) is 5.69 Å². The molecule has 2 atom stereocenters. The third-order valence-electron chi connectivity index (χ3n) is 5.62. The molecule has 0 unspecified atom stereocenters. The van der Waals surface area contributed by atoms with Gasteiger partial charge >= 0.3 is 0 Å². The number of hydrogen-bond donors (Lipinski definition) is 2. The van der Waals surface area contributed by atoms with Crippen LogP contribution in [0.5, 0.6) is 0 Å². The molecule has 2 aliphatic rings. The van der Waals surface area contributed by atoms with E-state index in [0.717, 1.165) is 25.0 Å². The number of rotatable bonds is 5. The number of carbonyl (C=O) groups excluding carboxylic acids is 2. The highest BCUT2D eigenvalue weighted by Gasteiger charge is 2.48. The Hall–Kier alpha value is -2.13. The van der Waals surface area contributed by atoms with E-state index >= 15 is 0 Å². The van der Waals surface area contributed by atoms with Gasteiger partial charge in [0.2, 0.25) is 0 Å². The summed E-state index contributed by atoms with van der Waals surface area (Å²) in [6, 6.07) is 5.85. The van der Waals surface area contributed by atoms with E-state index in [2.05, 4.69) is 17.6 Å². The molecule has 2 amide bonds. The summed E-state index contributed by atoms with van der Waals surface area (Å²) in [4.78, 5) is 37.1. The van der Waals surface area contributed by atoms with Gasteiger partial charge in [0.15, 0.2) is 6.04 Å².